The molecule has 0 unspecified atom stereocenters. The summed E-state index contributed by atoms with van der Waals surface area (Å²) in [6.07, 6.45) is 3.29. The number of anilines is 1. The maximum absolute atomic E-state index is 13.0. The van der Waals surface area contributed by atoms with Gasteiger partial charge in [-0.2, -0.15) is 0 Å². The molecule has 6 heteroatoms. The first-order valence-electron chi connectivity index (χ1n) is 6.10. The van der Waals surface area contributed by atoms with E-state index < -0.39 is 5.97 Å². The summed E-state index contributed by atoms with van der Waals surface area (Å²) in [7, 11) is 0. The molecule has 0 bridgehead atoms. The lowest BCUT2D eigenvalue weighted by Crippen LogP contribution is -2.09. The molecule has 0 spiro atoms. The molecule has 1 aromatic carbocycles. The minimum atomic E-state index is -1.11. The van der Waals surface area contributed by atoms with Gasteiger partial charge in [0.15, 0.2) is 5.69 Å². The topological polar surface area (TPSA) is 75.1 Å². The third-order valence-electron chi connectivity index (χ3n) is 2.88. The summed E-state index contributed by atoms with van der Waals surface area (Å²) in [5.41, 5.74) is 1.86. The third kappa shape index (κ3) is 3.50. The number of nitrogens with one attached hydrogen (secondary N) is 1. The summed E-state index contributed by atoms with van der Waals surface area (Å²) in [5, 5.41) is 11.7. The number of carboxylic acid groups (broad SMARTS) is 1. The minimum Gasteiger partial charge on any atom is -0.476 e. The Balaban J connectivity index is 1.91. The highest BCUT2D eigenvalue weighted by molar-refractivity contribution is 5.84. The van der Waals surface area contributed by atoms with Crippen LogP contribution in [0.3, 0.4) is 0 Å². The summed E-state index contributed by atoms with van der Waals surface area (Å²) in [6.45, 7) is 2.47. The first-order valence-corrected chi connectivity index (χ1v) is 6.10. The fraction of sp³-hybridized carbons (Fsp3) is 0.214. The van der Waals surface area contributed by atoms with Crippen LogP contribution in [0.1, 0.15) is 21.6 Å². The van der Waals surface area contributed by atoms with Gasteiger partial charge in [0.2, 0.25) is 0 Å². The Morgan fingerprint density at radius 3 is 2.75 bits per heavy atom. The molecule has 2 N–H and O–H groups in total. The number of rotatable bonds is 5. The Labute approximate surface area is 115 Å². The van der Waals surface area contributed by atoms with E-state index in [9.17, 15) is 9.18 Å². The molecule has 104 valence electrons. The van der Waals surface area contributed by atoms with E-state index in [0.717, 1.165) is 11.1 Å². The van der Waals surface area contributed by atoms with Crippen LogP contribution < -0.4 is 5.32 Å². The second-order valence-electron chi connectivity index (χ2n) is 4.34. The standard InChI is InChI=1S/C14H14FN3O2/c1-9-6-11(15)3-2-10(9)4-5-16-13-8-17-12(7-18-13)14(19)20/h2-3,6-8H,4-5H2,1H3,(H,16,18)(H,19,20). The molecule has 0 fully saturated rings. The molecule has 2 aromatic rings. The van der Waals surface area contributed by atoms with Crippen LogP contribution in [-0.2, 0) is 6.42 Å². The summed E-state index contributed by atoms with van der Waals surface area (Å²) in [6, 6.07) is 4.69. The zero-order chi connectivity index (χ0) is 14.5. The average Bonchev–Trinajstić information content (AvgIpc) is 2.42. The highest BCUT2D eigenvalue weighted by atomic mass is 19.1. The van der Waals surface area contributed by atoms with Crippen molar-refractivity contribution in [3.8, 4) is 0 Å². The van der Waals surface area contributed by atoms with Crippen molar-refractivity contribution >= 4 is 11.8 Å². The number of carboxylic acids is 1. The molecule has 1 heterocycles. The molecular formula is C14H14FN3O2. The number of hydrogen-bond donors (Lipinski definition) is 2. The largest absolute Gasteiger partial charge is 0.476 e. The van der Waals surface area contributed by atoms with Crippen molar-refractivity contribution in [2.24, 2.45) is 0 Å². The van der Waals surface area contributed by atoms with Crippen LogP contribution in [0.25, 0.3) is 0 Å². The second kappa shape index (κ2) is 6.10. The Hall–Kier alpha value is -2.50. The Morgan fingerprint density at radius 1 is 1.35 bits per heavy atom. The van der Waals surface area contributed by atoms with E-state index >= 15 is 0 Å². The van der Waals surface area contributed by atoms with Crippen molar-refractivity contribution in [2.75, 3.05) is 11.9 Å². The molecule has 0 aliphatic rings. The van der Waals surface area contributed by atoms with Crippen molar-refractivity contribution in [2.45, 2.75) is 13.3 Å². The Bertz CT molecular complexity index is 614. The number of carbonyl (C=O) groups is 1. The van der Waals surface area contributed by atoms with Crippen LogP contribution >= 0.6 is 0 Å². The number of aromatic carboxylic acids is 1. The van der Waals surface area contributed by atoms with E-state index in [1.54, 1.807) is 6.07 Å². The molecule has 0 atom stereocenters. The highest BCUT2D eigenvalue weighted by Gasteiger charge is 2.05. The van der Waals surface area contributed by atoms with Crippen LogP contribution in [0, 0.1) is 12.7 Å². The van der Waals surface area contributed by atoms with Crippen LogP contribution in [0.2, 0.25) is 0 Å². The molecule has 0 aliphatic carbocycles. The zero-order valence-electron chi connectivity index (χ0n) is 10.9. The fourth-order valence-electron chi connectivity index (χ4n) is 1.79. The first kappa shape index (κ1) is 13.9. The molecule has 1 aromatic heterocycles. The van der Waals surface area contributed by atoms with Gasteiger partial charge >= 0.3 is 5.97 Å². The number of benzene rings is 1. The predicted octanol–water partition coefficient (Wildman–Crippen LogP) is 2.28. The van der Waals surface area contributed by atoms with Gasteiger partial charge < -0.3 is 10.4 Å². The normalized spacial score (nSPS) is 10.3. The second-order valence-corrected chi connectivity index (χ2v) is 4.34. The van der Waals surface area contributed by atoms with Gasteiger partial charge in [0, 0.05) is 6.54 Å². The third-order valence-corrected chi connectivity index (χ3v) is 2.88. The summed E-state index contributed by atoms with van der Waals surface area (Å²) in [4.78, 5) is 18.3. The van der Waals surface area contributed by atoms with Gasteiger partial charge in [0.25, 0.3) is 0 Å². The van der Waals surface area contributed by atoms with E-state index in [-0.39, 0.29) is 11.5 Å². The van der Waals surface area contributed by atoms with Gasteiger partial charge in [0.05, 0.1) is 12.4 Å². The number of halogens is 1. The molecular weight excluding hydrogens is 261 g/mol. The van der Waals surface area contributed by atoms with Crippen molar-refractivity contribution in [1.82, 2.24) is 9.97 Å². The SMILES string of the molecule is Cc1cc(F)ccc1CCNc1cnc(C(=O)O)cn1. The van der Waals surface area contributed by atoms with Gasteiger partial charge in [-0.25, -0.2) is 19.2 Å². The van der Waals surface area contributed by atoms with Gasteiger partial charge in [0.1, 0.15) is 11.6 Å². The van der Waals surface area contributed by atoms with Gasteiger partial charge in [-0.3, -0.25) is 0 Å². The van der Waals surface area contributed by atoms with Crippen molar-refractivity contribution in [1.29, 1.82) is 0 Å². The van der Waals surface area contributed by atoms with E-state index in [1.165, 1.54) is 24.5 Å². The van der Waals surface area contributed by atoms with Gasteiger partial charge in [-0.15, -0.1) is 0 Å². The average molecular weight is 275 g/mol. The summed E-state index contributed by atoms with van der Waals surface area (Å²) in [5.74, 6) is -0.838. The van der Waals surface area contributed by atoms with Crippen LogP contribution in [0.15, 0.2) is 30.6 Å². The van der Waals surface area contributed by atoms with Crippen molar-refractivity contribution in [3.63, 3.8) is 0 Å². The summed E-state index contributed by atoms with van der Waals surface area (Å²) >= 11 is 0. The minimum absolute atomic E-state index is 0.0927. The summed E-state index contributed by atoms with van der Waals surface area (Å²) < 4.78 is 13.0. The van der Waals surface area contributed by atoms with Crippen molar-refractivity contribution < 1.29 is 14.3 Å². The lowest BCUT2D eigenvalue weighted by Gasteiger charge is -2.08. The lowest BCUT2D eigenvalue weighted by molar-refractivity contribution is 0.0690. The van der Waals surface area contributed by atoms with E-state index in [2.05, 4.69) is 15.3 Å². The Kier molecular flexibility index (Phi) is 4.24. The molecule has 2 rings (SSSR count). The van der Waals surface area contributed by atoms with E-state index in [4.69, 9.17) is 5.11 Å². The van der Waals surface area contributed by atoms with E-state index in [1.807, 2.05) is 6.92 Å². The highest BCUT2D eigenvalue weighted by Crippen LogP contribution is 2.11. The van der Waals surface area contributed by atoms with E-state index in [0.29, 0.717) is 18.8 Å². The van der Waals surface area contributed by atoms with Gasteiger partial charge in [-0.1, -0.05) is 6.07 Å². The number of hydrogen-bond acceptors (Lipinski definition) is 4. The smallest absolute Gasteiger partial charge is 0.356 e. The maximum atomic E-state index is 13.0. The first-order chi connectivity index (χ1) is 9.56. The zero-order valence-corrected chi connectivity index (χ0v) is 10.9. The maximum Gasteiger partial charge on any atom is 0.356 e. The molecule has 5 nitrogen and oxygen atoms in total. The molecule has 0 aliphatic heterocycles. The number of aryl methyl sites for hydroxylation is 1. The van der Waals surface area contributed by atoms with Gasteiger partial charge in [-0.05, 0) is 36.6 Å². The molecule has 0 saturated carbocycles. The number of aromatic nitrogens is 2. The van der Waals surface area contributed by atoms with Crippen LogP contribution in [0.5, 0.6) is 0 Å². The molecule has 0 amide bonds. The predicted molar refractivity (Wildman–Crippen MR) is 72.3 cm³/mol. The number of nitrogens with zero attached hydrogens (tertiary/aromatic N) is 2. The monoisotopic (exact) mass is 275 g/mol. The fourth-order valence-corrected chi connectivity index (χ4v) is 1.79. The van der Waals surface area contributed by atoms with Crippen LogP contribution in [-0.4, -0.2) is 27.6 Å². The molecule has 0 radical (unpaired) electrons. The Morgan fingerprint density at radius 2 is 2.15 bits per heavy atom. The molecule has 0 saturated heterocycles. The molecule has 20 heavy (non-hydrogen) atoms. The van der Waals surface area contributed by atoms with Crippen LogP contribution in [0.4, 0.5) is 10.2 Å². The van der Waals surface area contributed by atoms with Crippen molar-refractivity contribution in [3.05, 3.63) is 53.2 Å². The lowest BCUT2D eigenvalue weighted by atomic mass is 10.1. The quantitative estimate of drug-likeness (QED) is 0.875.